The molecule has 0 aliphatic rings. The van der Waals surface area contributed by atoms with Crippen molar-refractivity contribution < 1.29 is 78.2 Å². The molecule has 0 unspecified atom stereocenters. The van der Waals surface area contributed by atoms with Crippen LogP contribution in [0.3, 0.4) is 0 Å². The summed E-state index contributed by atoms with van der Waals surface area (Å²) in [5, 5.41) is 10.9. The zero-order valence-corrected chi connectivity index (χ0v) is 34.7. The molecule has 0 spiro atoms. The maximum atomic E-state index is 8.60. The van der Waals surface area contributed by atoms with E-state index in [0.29, 0.717) is 0 Å². The third-order valence-electron chi connectivity index (χ3n) is 8.24. The largest absolute Gasteiger partial charge is 0.183 e. The van der Waals surface area contributed by atoms with Crippen LogP contribution in [0.5, 0.6) is 0 Å². The number of rotatable bonds is 7. The molecule has 0 amide bonds. The Morgan fingerprint density at radius 2 is 0.804 bits per heavy atom. The summed E-state index contributed by atoms with van der Waals surface area (Å²) in [4.78, 5) is 0. The molecular formula is C42H32Cl2O8P2PdS. The van der Waals surface area contributed by atoms with Crippen molar-refractivity contribution in [1.29, 1.82) is 0 Å². The second-order valence-electron chi connectivity index (χ2n) is 11.8. The van der Waals surface area contributed by atoms with Crippen molar-refractivity contribution in [3.8, 4) is 11.1 Å². The van der Waals surface area contributed by atoms with E-state index in [1.54, 1.807) is 0 Å². The number of hydrogen-bond acceptors (Lipinski definition) is 9. The van der Waals surface area contributed by atoms with Gasteiger partial charge in [-0.05, 0) is 64.8 Å². The zero-order valence-electron chi connectivity index (χ0n) is 29.0. The van der Waals surface area contributed by atoms with Gasteiger partial charge in [0, 0.05) is 40.7 Å². The van der Waals surface area contributed by atoms with Crippen LogP contribution in [-0.4, -0.2) is 9.32 Å². The number of benzene rings is 7. The second kappa shape index (κ2) is 19.8. The van der Waals surface area contributed by atoms with E-state index in [2.05, 4.69) is 182 Å². The van der Waals surface area contributed by atoms with Gasteiger partial charge in [-0.2, -0.15) is 28.0 Å². The van der Waals surface area contributed by atoms with Gasteiger partial charge in [0.1, 0.15) is 0 Å². The number of halogens is 2. The monoisotopic (exact) mass is 934 g/mol. The molecule has 0 saturated carbocycles. The van der Waals surface area contributed by atoms with Gasteiger partial charge in [-0.15, -0.1) is 11.3 Å². The summed E-state index contributed by atoms with van der Waals surface area (Å²) in [7, 11) is -11.0. The predicted octanol–water partition coefficient (Wildman–Crippen LogP) is 0.987. The first-order chi connectivity index (χ1) is 26.4. The molecule has 56 heavy (non-hydrogen) atoms. The minimum Gasteiger partial charge on any atom is -0.183 e. The maximum absolute atomic E-state index is 8.60. The summed E-state index contributed by atoms with van der Waals surface area (Å²) in [6.07, 6.45) is 0. The summed E-state index contributed by atoms with van der Waals surface area (Å²) >= 11 is 1.98. The zero-order chi connectivity index (χ0) is 39.0. The van der Waals surface area contributed by atoms with Crippen molar-refractivity contribution in [1.82, 2.24) is 0 Å². The van der Waals surface area contributed by atoms with Gasteiger partial charge in [0.25, 0.3) is 0 Å². The third-order valence-corrected chi connectivity index (χ3v) is 14.8. The van der Waals surface area contributed by atoms with Crippen LogP contribution in [0.1, 0.15) is 0 Å². The number of hydrogen-bond donors (Lipinski definition) is 2. The molecule has 288 valence electrons. The van der Waals surface area contributed by atoms with E-state index in [4.69, 9.17) is 37.3 Å². The fourth-order valence-corrected chi connectivity index (χ4v) is 13.1. The van der Waals surface area contributed by atoms with Crippen LogP contribution in [0.25, 0.3) is 32.0 Å². The van der Waals surface area contributed by atoms with Crippen molar-refractivity contribution in [2.24, 2.45) is 0 Å². The smallest absolute Gasteiger partial charge is 0.0777 e. The van der Waals surface area contributed by atoms with Crippen LogP contribution in [-0.2, 0) is 20.4 Å². The first-order valence-electron chi connectivity index (χ1n) is 16.5. The van der Waals surface area contributed by atoms with E-state index in [1.807, 2.05) is 11.3 Å². The summed E-state index contributed by atoms with van der Waals surface area (Å²) < 4.78 is 68.2. The topological polar surface area (TPSA) is 179 Å². The quantitative estimate of drug-likeness (QED) is 0.176. The average molecular weight is 936 g/mol. The molecule has 8 aromatic rings. The normalized spacial score (nSPS) is 11.4. The average Bonchev–Trinajstić information content (AvgIpc) is 3.55. The van der Waals surface area contributed by atoms with Crippen LogP contribution in [0.15, 0.2) is 182 Å². The van der Waals surface area contributed by atoms with Gasteiger partial charge in [-0.25, -0.2) is 0 Å². The molecule has 1 heterocycles. The summed E-state index contributed by atoms with van der Waals surface area (Å²) in [6, 6.07) is 67.2. The maximum Gasteiger partial charge on any atom is 0.0777 e. The van der Waals surface area contributed by atoms with E-state index < -0.39 is 36.3 Å². The van der Waals surface area contributed by atoms with Crippen LogP contribution in [0.2, 0.25) is 0 Å². The van der Waals surface area contributed by atoms with Gasteiger partial charge < -0.3 is 0 Å². The molecule has 0 atom stereocenters. The summed E-state index contributed by atoms with van der Waals surface area (Å²) in [5.74, 6) is 0. The van der Waals surface area contributed by atoms with Gasteiger partial charge in [-0.3, -0.25) is 0 Å². The second-order valence-corrected chi connectivity index (χ2v) is 19.0. The Labute approximate surface area is 348 Å². The van der Waals surface area contributed by atoms with Gasteiger partial charge in [0.2, 0.25) is 0 Å². The fraction of sp³-hybridized carbons (Fsp3) is 0. The first-order valence-corrected chi connectivity index (χ1v) is 22.5. The van der Waals surface area contributed by atoms with Crippen LogP contribution >= 0.6 is 27.2 Å². The summed E-state index contributed by atoms with van der Waals surface area (Å²) in [5.41, 5.74) is 2.73. The predicted molar refractivity (Wildman–Crippen MR) is 207 cm³/mol. The van der Waals surface area contributed by atoms with E-state index in [-0.39, 0.29) is 20.4 Å². The van der Waals surface area contributed by atoms with Gasteiger partial charge in [0.05, 0.1) is 29.8 Å². The molecular weight excluding hydrogens is 904 g/mol. The molecule has 0 radical (unpaired) electrons. The van der Waals surface area contributed by atoms with Crippen molar-refractivity contribution >= 4 is 79.2 Å². The Morgan fingerprint density at radius 1 is 0.429 bits per heavy atom. The SMILES string of the molecule is [O-][Cl+3]([O-])([O-])O.[O-][Cl+3]([O-])([O-])O.[Pd].c1ccc(P(c2ccccc2)c2ccccc2-c2c(P(c3ccccc3)c3ccccc3)sc3ccc4ccccc4c23)cc1. The number of fused-ring (bicyclic) bond motifs is 3. The van der Waals surface area contributed by atoms with E-state index >= 15 is 0 Å². The van der Waals surface area contributed by atoms with Crippen molar-refractivity contribution in [3.63, 3.8) is 0 Å². The molecule has 1 aromatic heterocycles. The Balaban J connectivity index is 0.000000488. The Bertz CT molecular complexity index is 2350. The van der Waals surface area contributed by atoms with Crippen molar-refractivity contribution in [2.75, 3.05) is 0 Å². The van der Waals surface area contributed by atoms with Crippen LogP contribution in [0.4, 0.5) is 0 Å². The Morgan fingerprint density at radius 3 is 1.27 bits per heavy atom. The molecule has 7 aromatic carbocycles. The molecule has 8 nitrogen and oxygen atoms in total. The van der Waals surface area contributed by atoms with E-state index in [0.717, 1.165) is 0 Å². The molecule has 0 bridgehead atoms. The third kappa shape index (κ3) is 11.6. The molecule has 0 aliphatic heterocycles. The Hall–Kier alpha value is -3.46. The van der Waals surface area contributed by atoms with Crippen molar-refractivity contribution in [2.45, 2.75) is 0 Å². The molecule has 14 heteroatoms. The van der Waals surface area contributed by atoms with Gasteiger partial charge in [-0.1, -0.05) is 176 Å². The fourth-order valence-electron chi connectivity index (χ4n) is 6.26. The molecule has 2 N–H and O–H groups in total. The Kier molecular flexibility index (Phi) is 15.4. The van der Waals surface area contributed by atoms with Crippen LogP contribution < -0.4 is 59.1 Å². The number of thiophene rings is 1. The van der Waals surface area contributed by atoms with Crippen LogP contribution in [0, 0.1) is 20.5 Å². The van der Waals surface area contributed by atoms with E-state index in [9.17, 15) is 0 Å². The molecule has 0 aliphatic carbocycles. The molecule has 8 rings (SSSR count). The van der Waals surface area contributed by atoms with Crippen molar-refractivity contribution in [3.05, 3.63) is 182 Å². The van der Waals surface area contributed by atoms with E-state index in [1.165, 1.54) is 63.1 Å². The molecule has 0 fully saturated rings. The molecule has 0 saturated heterocycles. The summed E-state index contributed by atoms with van der Waals surface area (Å²) in [6.45, 7) is 0. The van der Waals surface area contributed by atoms with Gasteiger partial charge in [0.15, 0.2) is 0 Å². The standard InChI is InChI=1S/C42H30P2S.2ClHO4.Pd/c1-5-18-32(19-6-1)43(33-20-7-2-8-21-33)38-28-16-15-27-37(38)41-40-36-26-14-13-17-31(36)29-30-39(40)45-42(41)44(34-22-9-3-10-23-34)35-24-11-4-12-25-35;2*2-1(3,4)5;/h1-30H;2*(H,2,3,4,5);. The first kappa shape index (κ1) is 43.7. The van der Waals surface area contributed by atoms with Gasteiger partial charge >= 0.3 is 0 Å². The minimum absolute atomic E-state index is 0. The minimum atomic E-state index is -4.69.